The first kappa shape index (κ1) is 17.3. The van der Waals surface area contributed by atoms with E-state index in [9.17, 15) is 9.59 Å². The minimum atomic E-state index is -0.516. The van der Waals surface area contributed by atoms with Crippen molar-refractivity contribution in [3.63, 3.8) is 0 Å². The molecule has 1 aliphatic rings. The van der Waals surface area contributed by atoms with Crippen molar-refractivity contribution in [1.29, 1.82) is 0 Å². The molecule has 0 radical (unpaired) electrons. The van der Waals surface area contributed by atoms with Gasteiger partial charge < -0.3 is 19.7 Å². The molecule has 7 heteroatoms. The Balaban J connectivity index is 1.64. The zero-order valence-corrected chi connectivity index (χ0v) is 15.4. The smallest absolute Gasteiger partial charge is 0.267 e. The van der Waals surface area contributed by atoms with E-state index in [1.807, 2.05) is 12.1 Å². The Morgan fingerprint density at radius 2 is 2.00 bits per heavy atom. The highest BCUT2D eigenvalue weighted by Gasteiger charge is 2.29. The Morgan fingerprint density at radius 3 is 2.72 bits per heavy atom. The van der Waals surface area contributed by atoms with E-state index in [2.05, 4.69) is 21.2 Å². The fourth-order valence-electron chi connectivity index (χ4n) is 2.47. The first-order valence-corrected chi connectivity index (χ1v) is 8.50. The van der Waals surface area contributed by atoms with Crippen LogP contribution in [0.15, 0.2) is 46.9 Å². The molecule has 0 saturated carbocycles. The van der Waals surface area contributed by atoms with Crippen LogP contribution in [0.3, 0.4) is 0 Å². The van der Waals surface area contributed by atoms with Crippen molar-refractivity contribution in [2.24, 2.45) is 0 Å². The maximum absolute atomic E-state index is 12.1. The van der Waals surface area contributed by atoms with E-state index in [1.165, 1.54) is 4.90 Å². The predicted octanol–water partition coefficient (Wildman–Crippen LogP) is 3.21. The number of hydrogen-bond acceptors (Lipinski definition) is 4. The molecule has 25 heavy (non-hydrogen) atoms. The van der Waals surface area contributed by atoms with E-state index in [0.717, 1.165) is 4.47 Å². The molecule has 2 aromatic rings. The second-order valence-electron chi connectivity index (χ2n) is 5.63. The summed E-state index contributed by atoms with van der Waals surface area (Å²) in [7, 11) is 1.68. The SMILES string of the molecule is C[C@@H]1Oc2ccc(NC(=O)COc3ccc(Br)cc3)cc2N(C)C1=O. The van der Waals surface area contributed by atoms with E-state index >= 15 is 0 Å². The molecule has 1 heterocycles. The Hall–Kier alpha value is -2.54. The van der Waals surface area contributed by atoms with Crippen molar-refractivity contribution in [1.82, 2.24) is 0 Å². The lowest BCUT2D eigenvalue weighted by Gasteiger charge is -2.30. The second-order valence-corrected chi connectivity index (χ2v) is 6.55. The number of halogens is 1. The van der Waals surface area contributed by atoms with E-state index in [1.54, 1.807) is 44.3 Å². The molecule has 1 aliphatic heterocycles. The molecule has 3 rings (SSSR count). The van der Waals surface area contributed by atoms with Crippen LogP contribution in [-0.4, -0.2) is 31.6 Å². The summed E-state index contributed by atoms with van der Waals surface area (Å²) in [5, 5.41) is 2.75. The third kappa shape index (κ3) is 3.93. The van der Waals surface area contributed by atoms with Crippen molar-refractivity contribution in [3.8, 4) is 11.5 Å². The highest BCUT2D eigenvalue weighted by Crippen LogP contribution is 2.35. The van der Waals surface area contributed by atoms with Gasteiger partial charge in [-0.2, -0.15) is 0 Å². The van der Waals surface area contributed by atoms with Crippen LogP contribution in [0, 0.1) is 0 Å². The molecule has 0 aliphatic carbocycles. The standard InChI is InChI=1S/C18H17BrN2O4/c1-11-18(23)21(2)15-9-13(5-8-16(15)25-11)20-17(22)10-24-14-6-3-12(19)4-7-14/h3-9,11H,10H2,1-2H3,(H,20,22)/t11-/m0/s1. The zero-order valence-electron chi connectivity index (χ0n) is 13.8. The number of carbonyl (C=O) groups is 2. The minimum Gasteiger partial charge on any atom is -0.484 e. The van der Waals surface area contributed by atoms with Crippen molar-refractivity contribution in [2.75, 3.05) is 23.9 Å². The van der Waals surface area contributed by atoms with Gasteiger partial charge >= 0.3 is 0 Å². The molecule has 0 aromatic heterocycles. The summed E-state index contributed by atoms with van der Waals surface area (Å²) < 4.78 is 11.9. The molecule has 2 aromatic carbocycles. The highest BCUT2D eigenvalue weighted by molar-refractivity contribution is 9.10. The van der Waals surface area contributed by atoms with Gasteiger partial charge in [-0.25, -0.2) is 0 Å². The van der Waals surface area contributed by atoms with Gasteiger partial charge in [0.2, 0.25) is 0 Å². The summed E-state index contributed by atoms with van der Waals surface area (Å²) in [4.78, 5) is 25.6. The number of anilines is 2. The predicted molar refractivity (Wildman–Crippen MR) is 98.2 cm³/mol. The van der Waals surface area contributed by atoms with Gasteiger partial charge in [0.25, 0.3) is 11.8 Å². The number of nitrogens with one attached hydrogen (secondary N) is 1. The van der Waals surface area contributed by atoms with Crippen molar-refractivity contribution >= 4 is 39.1 Å². The van der Waals surface area contributed by atoms with Crippen LogP contribution >= 0.6 is 15.9 Å². The number of fused-ring (bicyclic) bond motifs is 1. The average Bonchev–Trinajstić information content (AvgIpc) is 2.60. The van der Waals surface area contributed by atoms with Gasteiger partial charge in [0.15, 0.2) is 12.7 Å². The van der Waals surface area contributed by atoms with E-state index in [-0.39, 0.29) is 18.4 Å². The zero-order chi connectivity index (χ0) is 18.0. The van der Waals surface area contributed by atoms with Crippen molar-refractivity contribution < 1.29 is 19.1 Å². The quantitative estimate of drug-likeness (QED) is 0.849. The number of nitrogens with zero attached hydrogens (tertiary/aromatic N) is 1. The van der Waals surface area contributed by atoms with Gasteiger partial charge in [-0.05, 0) is 49.4 Å². The molecule has 0 bridgehead atoms. The summed E-state index contributed by atoms with van der Waals surface area (Å²) in [6.45, 7) is 1.60. The molecule has 0 fully saturated rings. The van der Waals surface area contributed by atoms with Crippen LogP contribution in [0.2, 0.25) is 0 Å². The van der Waals surface area contributed by atoms with Crippen LogP contribution in [0.25, 0.3) is 0 Å². The summed E-state index contributed by atoms with van der Waals surface area (Å²) in [6.07, 6.45) is -0.516. The molecule has 1 atom stereocenters. The average molecular weight is 405 g/mol. The first-order chi connectivity index (χ1) is 11.9. The molecule has 130 valence electrons. The lowest BCUT2D eigenvalue weighted by atomic mass is 10.2. The molecule has 1 N–H and O–H groups in total. The number of amides is 2. The van der Waals surface area contributed by atoms with Gasteiger partial charge in [0.1, 0.15) is 11.5 Å². The third-order valence-corrected chi connectivity index (χ3v) is 4.30. The van der Waals surface area contributed by atoms with Gasteiger partial charge in [-0.3, -0.25) is 9.59 Å². The molecule has 0 spiro atoms. The Labute approximate surface area is 153 Å². The van der Waals surface area contributed by atoms with Gasteiger partial charge in [0, 0.05) is 17.2 Å². The van der Waals surface area contributed by atoms with Crippen molar-refractivity contribution in [3.05, 3.63) is 46.9 Å². The fraction of sp³-hybridized carbons (Fsp3) is 0.222. The number of likely N-dealkylation sites (N-methyl/N-ethyl adjacent to an activating group) is 1. The lowest BCUT2D eigenvalue weighted by Crippen LogP contribution is -2.42. The van der Waals surface area contributed by atoms with Crippen LogP contribution in [0.5, 0.6) is 11.5 Å². The summed E-state index contributed by atoms with van der Waals surface area (Å²) in [6, 6.07) is 12.4. The number of rotatable bonds is 4. The van der Waals surface area contributed by atoms with Crippen LogP contribution in [0.4, 0.5) is 11.4 Å². The molecule has 6 nitrogen and oxygen atoms in total. The lowest BCUT2D eigenvalue weighted by molar-refractivity contribution is -0.125. The molecule has 2 amide bonds. The monoisotopic (exact) mass is 404 g/mol. The second kappa shape index (κ2) is 7.14. The maximum Gasteiger partial charge on any atom is 0.267 e. The normalized spacial score (nSPS) is 16.0. The summed E-state index contributed by atoms with van der Waals surface area (Å²) >= 11 is 3.34. The number of hydrogen-bond donors (Lipinski definition) is 1. The summed E-state index contributed by atoms with van der Waals surface area (Å²) in [5.41, 5.74) is 1.19. The van der Waals surface area contributed by atoms with Crippen molar-refractivity contribution in [2.45, 2.75) is 13.0 Å². The summed E-state index contributed by atoms with van der Waals surface area (Å²) in [5.74, 6) is 0.798. The first-order valence-electron chi connectivity index (χ1n) is 7.70. The number of carbonyl (C=O) groups excluding carboxylic acids is 2. The molecule has 0 saturated heterocycles. The highest BCUT2D eigenvalue weighted by atomic mass is 79.9. The molecular weight excluding hydrogens is 388 g/mol. The number of benzene rings is 2. The largest absolute Gasteiger partial charge is 0.484 e. The molecule has 0 unspecified atom stereocenters. The Morgan fingerprint density at radius 1 is 1.28 bits per heavy atom. The van der Waals surface area contributed by atoms with Crippen LogP contribution in [0.1, 0.15) is 6.92 Å². The minimum absolute atomic E-state index is 0.110. The van der Waals surface area contributed by atoms with Gasteiger partial charge in [-0.15, -0.1) is 0 Å². The number of ether oxygens (including phenoxy) is 2. The van der Waals surface area contributed by atoms with E-state index in [4.69, 9.17) is 9.47 Å². The Kier molecular flexibility index (Phi) is 4.94. The van der Waals surface area contributed by atoms with Gasteiger partial charge in [0.05, 0.1) is 5.69 Å². The van der Waals surface area contributed by atoms with E-state index in [0.29, 0.717) is 22.9 Å². The Bertz CT molecular complexity index is 807. The van der Waals surface area contributed by atoms with Gasteiger partial charge in [-0.1, -0.05) is 15.9 Å². The van der Waals surface area contributed by atoms with Crippen LogP contribution < -0.4 is 19.7 Å². The topological polar surface area (TPSA) is 67.9 Å². The van der Waals surface area contributed by atoms with E-state index < -0.39 is 6.10 Å². The fourth-order valence-corrected chi connectivity index (χ4v) is 2.73. The van der Waals surface area contributed by atoms with Crippen LogP contribution in [-0.2, 0) is 9.59 Å². The molecular formula is C18H17BrN2O4. The third-order valence-electron chi connectivity index (χ3n) is 3.77. The maximum atomic E-state index is 12.1.